The van der Waals surface area contributed by atoms with Crippen molar-refractivity contribution in [1.29, 1.82) is 0 Å². The molecule has 3 aromatic carbocycles. The van der Waals surface area contributed by atoms with Gasteiger partial charge in [-0.3, -0.25) is 0 Å². The van der Waals surface area contributed by atoms with Crippen LogP contribution in [0, 0.1) is 23.5 Å². The van der Waals surface area contributed by atoms with E-state index in [1.165, 1.54) is 0 Å². The molecule has 6 rings (SSSR count). The van der Waals surface area contributed by atoms with E-state index in [1.807, 2.05) is 72.9 Å². The molecule has 0 saturated carbocycles. The molecular weight excluding hydrogens is 454 g/mol. The van der Waals surface area contributed by atoms with Gasteiger partial charge in [0.2, 0.25) is 11.6 Å². The molecule has 7 heteroatoms. The highest BCUT2D eigenvalue weighted by atomic mass is 19.2. The maximum absolute atomic E-state index is 14.8. The van der Waals surface area contributed by atoms with Crippen molar-refractivity contribution in [1.82, 2.24) is 14.5 Å². The summed E-state index contributed by atoms with van der Waals surface area (Å²) in [5.74, 6) is -6.84. The Hall–Kier alpha value is -4.39. The lowest BCUT2D eigenvalue weighted by Gasteiger charge is -2.17. The maximum atomic E-state index is 14.8. The predicted octanol–water partition coefficient (Wildman–Crippen LogP) is 7.24. The van der Waals surface area contributed by atoms with Gasteiger partial charge in [0, 0.05) is 34.6 Å². The molecule has 0 aliphatic carbocycles. The van der Waals surface area contributed by atoms with Crippen LogP contribution < -0.4 is 0 Å². The number of aromatic amines is 1. The molecule has 6 aromatic rings. The van der Waals surface area contributed by atoms with Crippen LogP contribution in [0.5, 0.6) is 0 Å². The van der Waals surface area contributed by atoms with E-state index >= 15 is 0 Å². The Balaban J connectivity index is 1.69. The zero-order chi connectivity index (χ0) is 24.1. The van der Waals surface area contributed by atoms with Gasteiger partial charge in [-0.25, -0.2) is 0 Å². The van der Waals surface area contributed by atoms with Crippen molar-refractivity contribution < 1.29 is 17.6 Å². The lowest BCUT2D eigenvalue weighted by atomic mass is 9.85. The third kappa shape index (κ3) is 3.31. The Kier molecular flexibility index (Phi) is 4.91. The van der Waals surface area contributed by atoms with E-state index in [-0.39, 0.29) is 5.92 Å². The van der Waals surface area contributed by atoms with Gasteiger partial charge in [0.25, 0.3) is 11.9 Å². The zero-order valence-electron chi connectivity index (χ0n) is 18.1. The lowest BCUT2D eigenvalue weighted by Crippen LogP contribution is -2.08. The summed E-state index contributed by atoms with van der Waals surface area (Å²) in [7, 11) is 0. The number of para-hydroxylation sites is 2. The Labute approximate surface area is 197 Å². The van der Waals surface area contributed by atoms with Crippen molar-refractivity contribution in [2.45, 2.75) is 5.92 Å². The van der Waals surface area contributed by atoms with E-state index in [4.69, 9.17) is 0 Å². The molecule has 0 aliphatic rings. The van der Waals surface area contributed by atoms with Gasteiger partial charge in [-0.2, -0.15) is 22.5 Å². The van der Waals surface area contributed by atoms with Crippen molar-refractivity contribution in [3.8, 4) is 5.69 Å². The molecule has 3 nitrogen and oxygen atoms in total. The molecule has 3 aromatic heterocycles. The molecule has 0 saturated heterocycles. The summed E-state index contributed by atoms with van der Waals surface area (Å²) in [5, 5.41) is 1.69. The predicted molar refractivity (Wildman–Crippen MR) is 127 cm³/mol. The number of halogens is 4. The number of benzene rings is 3. The molecule has 0 spiro atoms. The molecule has 0 aliphatic heterocycles. The maximum Gasteiger partial charge on any atom is 0.253 e. The van der Waals surface area contributed by atoms with Crippen molar-refractivity contribution in [3.05, 3.63) is 131 Å². The SMILES string of the molecule is Fc1nc(F)c(F)c(-n2cc(C(c3ccccc3)c3c[nH]c4ccccc34)c3ccccc32)c1F. The van der Waals surface area contributed by atoms with Crippen molar-refractivity contribution in [2.75, 3.05) is 0 Å². The molecule has 3 heterocycles. The van der Waals surface area contributed by atoms with Crippen LogP contribution in [-0.2, 0) is 0 Å². The van der Waals surface area contributed by atoms with Crippen LogP contribution in [0.3, 0.4) is 0 Å². The van der Waals surface area contributed by atoms with E-state index in [0.717, 1.165) is 32.2 Å². The Morgan fingerprint density at radius 2 is 1.31 bits per heavy atom. The largest absolute Gasteiger partial charge is 0.361 e. The number of nitrogens with one attached hydrogen (secondary N) is 1. The normalized spacial score (nSPS) is 12.5. The van der Waals surface area contributed by atoms with Gasteiger partial charge in [0.1, 0.15) is 5.69 Å². The van der Waals surface area contributed by atoms with E-state index in [0.29, 0.717) is 10.9 Å². The van der Waals surface area contributed by atoms with Crippen LogP contribution in [-0.4, -0.2) is 14.5 Å². The molecule has 0 bridgehead atoms. The average Bonchev–Trinajstić information content (AvgIpc) is 3.47. The fourth-order valence-electron chi connectivity index (χ4n) is 4.81. The molecule has 1 N–H and O–H groups in total. The summed E-state index contributed by atoms with van der Waals surface area (Å²) in [6, 6.07) is 24.6. The van der Waals surface area contributed by atoms with Gasteiger partial charge in [0.05, 0.1) is 5.52 Å². The average molecular weight is 471 g/mol. The highest BCUT2D eigenvalue weighted by Crippen LogP contribution is 2.41. The highest BCUT2D eigenvalue weighted by molar-refractivity contribution is 5.90. The van der Waals surface area contributed by atoms with E-state index in [1.54, 1.807) is 18.3 Å². The Morgan fingerprint density at radius 3 is 2.06 bits per heavy atom. The van der Waals surface area contributed by atoms with Crippen LogP contribution in [0.1, 0.15) is 22.6 Å². The van der Waals surface area contributed by atoms with Crippen LogP contribution in [0.25, 0.3) is 27.5 Å². The number of fused-ring (bicyclic) bond motifs is 2. The quantitative estimate of drug-likeness (QED) is 0.213. The molecule has 0 fully saturated rings. The standard InChI is InChI=1S/C28H17F4N3/c29-24-26(25(30)28(32)34-27(24)31)35-15-20(18-11-5-7-13-22(18)35)23(16-8-2-1-3-9-16)19-14-33-21-12-6-4-10-17(19)21/h1-15,23,33H. The topological polar surface area (TPSA) is 33.6 Å². The first-order valence-corrected chi connectivity index (χ1v) is 11.0. The molecule has 0 radical (unpaired) electrons. The molecular formula is C28H17F4N3. The number of hydrogen-bond acceptors (Lipinski definition) is 1. The second kappa shape index (κ2) is 8.13. The van der Waals surface area contributed by atoms with Crippen LogP contribution in [0.2, 0.25) is 0 Å². The summed E-state index contributed by atoms with van der Waals surface area (Å²) >= 11 is 0. The van der Waals surface area contributed by atoms with E-state index < -0.39 is 29.2 Å². The minimum absolute atomic E-state index is 0.332. The smallest absolute Gasteiger partial charge is 0.253 e. The summed E-state index contributed by atoms with van der Waals surface area (Å²) in [6.07, 6.45) is 3.46. The fraction of sp³-hybridized carbons (Fsp3) is 0.0357. The van der Waals surface area contributed by atoms with Crippen molar-refractivity contribution in [3.63, 3.8) is 0 Å². The molecule has 1 unspecified atom stereocenters. The summed E-state index contributed by atoms with van der Waals surface area (Å²) in [5.41, 5.74) is 3.15. The Bertz CT molecular complexity index is 1680. The Morgan fingerprint density at radius 1 is 0.686 bits per heavy atom. The van der Waals surface area contributed by atoms with Crippen LogP contribution in [0.4, 0.5) is 17.6 Å². The summed E-state index contributed by atoms with van der Waals surface area (Å²) in [4.78, 5) is 6.00. The van der Waals surface area contributed by atoms with Gasteiger partial charge in [0.15, 0.2) is 0 Å². The molecule has 35 heavy (non-hydrogen) atoms. The number of hydrogen-bond donors (Lipinski definition) is 1. The summed E-state index contributed by atoms with van der Waals surface area (Å²) in [6.45, 7) is 0. The van der Waals surface area contributed by atoms with Gasteiger partial charge in [-0.05, 0) is 28.8 Å². The van der Waals surface area contributed by atoms with Crippen LogP contribution >= 0.6 is 0 Å². The number of aromatic nitrogens is 3. The van der Waals surface area contributed by atoms with Crippen molar-refractivity contribution in [2.24, 2.45) is 0 Å². The van der Waals surface area contributed by atoms with E-state index in [2.05, 4.69) is 9.97 Å². The number of H-pyrrole nitrogens is 1. The number of pyridine rings is 1. The van der Waals surface area contributed by atoms with Gasteiger partial charge in [-0.1, -0.05) is 66.7 Å². The first-order valence-electron chi connectivity index (χ1n) is 11.0. The van der Waals surface area contributed by atoms with Gasteiger partial charge in [-0.15, -0.1) is 0 Å². The van der Waals surface area contributed by atoms with Crippen LogP contribution in [0.15, 0.2) is 91.3 Å². The fourth-order valence-corrected chi connectivity index (χ4v) is 4.81. The number of nitrogens with zero attached hydrogens (tertiary/aromatic N) is 2. The molecule has 0 amide bonds. The third-order valence-corrected chi connectivity index (χ3v) is 6.33. The first kappa shape index (κ1) is 21.2. The lowest BCUT2D eigenvalue weighted by molar-refractivity contribution is 0.403. The second-order valence-corrected chi connectivity index (χ2v) is 8.27. The van der Waals surface area contributed by atoms with E-state index in [9.17, 15) is 17.6 Å². The summed E-state index contributed by atoms with van der Waals surface area (Å²) < 4.78 is 58.8. The molecule has 172 valence electrons. The first-order chi connectivity index (χ1) is 17.0. The number of rotatable bonds is 4. The minimum Gasteiger partial charge on any atom is -0.361 e. The molecule has 1 atom stereocenters. The van der Waals surface area contributed by atoms with Gasteiger partial charge < -0.3 is 9.55 Å². The minimum atomic E-state index is -1.70. The van der Waals surface area contributed by atoms with Crippen molar-refractivity contribution >= 4 is 21.8 Å². The second-order valence-electron chi connectivity index (χ2n) is 8.27. The van der Waals surface area contributed by atoms with Gasteiger partial charge >= 0.3 is 0 Å². The monoisotopic (exact) mass is 471 g/mol. The highest BCUT2D eigenvalue weighted by Gasteiger charge is 2.28. The zero-order valence-corrected chi connectivity index (χ0v) is 18.1. The third-order valence-electron chi connectivity index (χ3n) is 6.33.